The van der Waals surface area contributed by atoms with Gasteiger partial charge in [0, 0.05) is 34.5 Å². The first-order valence-electron chi connectivity index (χ1n) is 7.36. The van der Waals surface area contributed by atoms with Crippen LogP contribution in [0.1, 0.15) is 27.0 Å². The maximum absolute atomic E-state index is 12.6. The lowest BCUT2D eigenvalue weighted by molar-refractivity contribution is -0.115. The number of benzene rings is 2. The van der Waals surface area contributed by atoms with E-state index in [-0.39, 0.29) is 18.2 Å². The number of rotatable bonds is 2. The molecule has 4 rings (SSSR count). The lowest BCUT2D eigenvalue weighted by Gasteiger charge is -2.10. The van der Waals surface area contributed by atoms with E-state index in [0.717, 1.165) is 28.8 Å². The van der Waals surface area contributed by atoms with Gasteiger partial charge >= 0.3 is 0 Å². The maximum Gasteiger partial charge on any atom is 0.256 e. The van der Waals surface area contributed by atoms with Crippen LogP contribution in [0.2, 0.25) is 0 Å². The van der Waals surface area contributed by atoms with E-state index in [4.69, 9.17) is 0 Å². The Morgan fingerprint density at radius 2 is 1.96 bits per heavy atom. The van der Waals surface area contributed by atoms with E-state index in [1.807, 2.05) is 24.3 Å². The second kappa shape index (κ2) is 5.47. The van der Waals surface area contributed by atoms with E-state index >= 15 is 0 Å². The molecule has 0 saturated carbocycles. The third-order valence-corrected chi connectivity index (χ3v) is 4.62. The number of hydrogen-bond donors (Lipinski definition) is 3. The quantitative estimate of drug-likeness (QED) is 0.759. The minimum absolute atomic E-state index is 0.0873. The molecule has 2 aromatic carbocycles. The van der Waals surface area contributed by atoms with Gasteiger partial charge in [0.25, 0.3) is 5.91 Å². The molecular weight excluding hydrogens is 358 g/mol. The average molecular weight is 372 g/mol. The number of carbonyl (C=O) groups excluding carboxylic acids is 2. The van der Waals surface area contributed by atoms with Crippen LogP contribution in [0.15, 0.2) is 34.8 Å². The Kier molecular flexibility index (Phi) is 3.43. The van der Waals surface area contributed by atoms with Gasteiger partial charge in [0.05, 0.1) is 6.42 Å². The van der Waals surface area contributed by atoms with Gasteiger partial charge in [-0.3, -0.25) is 9.59 Å². The fourth-order valence-electron chi connectivity index (χ4n) is 3.07. The highest BCUT2D eigenvalue weighted by molar-refractivity contribution is 9.10. The van der Waals surface area contributed by atoms with Gasteiger partial charge in [0.15, 0.2) is 0 Å². The zero-order chi connectivity index (χ0) is 16.0. The van der Waals surface area contributed by atoms with Gasteiger partial charge in [0.1, 0.15) is 0 Å². The van der Waals surface area contributed by atoms with Crippen molar-refractivity contribution in [3.05, 3.63) is 57.1 Å². The fourth-order valence-corrected chi connectivity index (χ4v) is 3.53. The van der Waals surface area contributed by atoms with Crippen LogP contribution in [-0.2, 0) is 24.3 Å². The minimum atomic E-state index is -0.204. The third kappa shape index (κ3) is 2.64. The lowest BCUT2D eigenvalue weighted by Crippen LogP contribution is -2.14. The van der Waals surface area contributed by atoms with Gasteiger partial charge < -0.3 is 16.0 Å². The lowest BCUT2D eigenvalue weighted by atomic mass is 10.0. The molecule has 2 aliphatic heterocycles. The van der Waals surface area contributed by atoms with E-state index in [9.17, 15) is 9.59 Å². The van der Waals surface area contributed by atoms with Crippen molar-refractivity contribution < 1.29 is 9.59 Å². The molecule has 0 saturated heterocycles. The number of carbonyl (C=O) groups is 2. The molecule has 0 aliphatic carbocycles. The van der Waals surface area contributed by atoms with Crippen LogP contribution in [0.4, 0.5) is 11.4 Å². The smallest absolute Gasteiger partial charge is 0.256 e. The maximum atomic E-state index is 12.6. The van der Waals surface area contributed by atoms with Gasteiger partial charge in [-0.25, -0.2) is 0 Å². The molecule has 2 aliphatic rings. The molecule has 5 nitrogen and oxygen atoms in total. The Hall–Kier alpha value is -2.18. The molecule has 0 unspecified atom stereocenters. The van der Waals surface area contributed by atoms with Crippen molar-refractivity contribution >= 4 is 39.1 Å². The number of fused-ring (bicyclic) bond motifs is 2. The summed E-state index contributed by atoms with van der Waals surface area (Å²) >= 11 is 3.39. The molecule has 0 atom stereocenters. The second-order valence-electron chi connectivity index (χ2n) is 5.75. The predicted octanol–water partition coefficient (Wildman–Crippen LogP) is 2.80. The first-order chi connectivity index (χ1) is 11.1. The second-order valence-corrected chi connectivity index (χ2v) is 6.66. The van der Waals surface area contributed by atoms with Crippen LogP contribution in [0.25, 0.3) is 0 Å². The first kappa shape index (κ1) is 14.4. The van der Waals surface area contributed by atoms with Crippen LogP contribution < -0.4 is 16.0 Å². The summed E-state index contributed by atoms with van der Waals surface area (Å²) in [5, 5.41) is 8.99. The molecule has 0 radical (unpaired) electrons. The molecule has 23 heavy (non-hydrogen) atoms. The summed E-state index contributed by atoms with van der Waals surface area (Å²) in [7, 11) is 0. The van der Waals surface area contributed by atoms with Gasteiger partial charge in [-0.1, -0.05) is 22.0 Å². The molecule has 2 aromatic rings. The van der Waals surface area contributed by atoms with Gasteiger partial charge in [-0.15, -0.1) is 0 Å². The fraction of sp³-hybridized carbons (Fsp3) is 0.176. The first-order valence-corrected chi connectivity index (χ1v) is 8.15. The molecule has 0 spiro atoms. The Labute approximate surface area is 141 Å². The van der Waals surface area contributed by atoms with Crippen molar-refractivity contribution in [1.82, 2.24) is 5.32 Å². The van der Waals surface area contributed by atoms with E-state index in [2.05, 4.69) is 31.9 Å². The summed E-state index contributed by atoms with van der Waals surface area (Å²) in [4.78, 5) is 24.3. The van der Waals surface area contributed by atoms with Crippen LogP contribution in [-0.4, -0.2) is 11.8 Å². The summed E-state index contributed by atoms with van der Waals surface area (Å²) in [6.45, 7) is 1.69. The van der Waals surface area contributed by atoms with Crippen molar-refractivity contribution in [2.24, 2.45) is 0 Å². The molecular formula is C17H14BrN3O2. The minimum Gasteiger partial charge on any atom is -0.325 e. The number of halogens is 1. The zero-order valence-corrected chi connectivity index (χ0v) is 13.8. The monoisotopic (exact) mass is 371 g/mol. The molecule has 2 heterocycles. The van der Waals surface area contributed by atoms with Crippen LogP contribution in [0, 0.1) is 0 Å². The van der Waals surface area contributed by atoms with Crippen LogP contribution in [0.5, 0.6) is 0 Å². The van der Waals surface area contributed by atoms with E-state index in [1.165, 1.54) is 11.1 Å². The summed E-state index contributed by atoms with van der Waals surface area (Å²) in [5.74, 6) is -0.291. The van der Waals surface area contributed by atoms with Crippen molar-refractivity contribution in [3.8, 4) is 0 Å². The Balaban J connectivity index is 1.64. The zero-order valence-electron chi connectivity index (χ0n) is 12.2. The summed E-state index contributed by atoms with van der Waals surface area (Å²) in [6, 6.07) is 9.50. The highest BCUT2D eigenvalue weighted by atomic mass is 79.9. The number of hydrogen-bond acceptors (Lipinski definition) is 3. The van der Waals surface area contributed by atoms with Crippen LogP contribution >= 0.6 is 15.9 Å². The normalized spacial score (nSPS) is 15.1. The molecule has 116 valence electrons. The molecule has 0 aromatic heterocycles. The van der Waals surface area contributed by atoms with E-state index < -0.39 is 0 Å². The average Bonchev–Trinajstić information content (AvgIpc) is 3.10. The largest absolute Gasteiger partial charge is 0.325 e. The number of nitrogens with one attached hydrogen (secondary N) is 3. The van der Waals surface area contributed by atoms with Crippen LogP contribution in [0.3, 0.4) is 0 Å². The van der Waals surface area contributed by atoms with Gasteiger partial charge in [0.2, 0.25) is 5.91 Å². The summed E-state index contributed by atoms with van der Waals surface area (Å²) < 4.78 is 0.766. The van der Waals surface area contributed by atoms with Crippen molar-refractivity contribution in [1.29, 1.82) is 0 Å². The highest BCUT2D eigenvalue weighted by Gasteiger charge is 2.25. The van der Waals surface area contributed by atoms with Gasteiger partial charge in [-0.05, 0) is 41.0 Å². The van der Waals surface area contributed by atoms with Crippen molar-refractivity contribution in [2.75, 3.05) is 10.6 Å². The van der Waals surface area contributed by atoms with E-state index in [1.54, 1.807) is 6.07 Å². The Morgan fingerprint density at radius 3 is 2.83 bits per heavy atom. The Morgan fingerprint density at radius 1 is 1.13 bits per heavy atom. The molecule has 0 bridgehead atoms. The summed E-state index contributed by atoms with van der Waals surface area (Å²) in [5.41, 5.74) is 5.21. The topological polar surface area (TPSA) is 70.2 Å². The number of anilines is 2. The Bertz CT molecular complexity index is 848. The predicted molar refractivity (Wildman–Crippen MR) is 91.4 cm³/mol. The van der Waals surface area contributed by atoms with Crippen molar-refractivity contribution in [2.45, 2.75) is 19.5 Å². The SMILES string of the molecule is O=C1Cc2c(cc(Br)cc2C(=O)Nc2ccc3c(c2)CNC3)N1. The van der Waals surface area contributed by atoms with Gasteiger partial charge in [-0.2, -0.15) is 0 Å². The molecule has 0 fully saturated rings. The highest BCUT2D eigenvalue weighted by Crippen LogP contribution is 2.31. The van der Waals surface area contributed by atoms with Crippen molar-refractivity contribution in [3.63, 3.8) is 0 Å². The molecule has 6 heteroatoms. The molecule has 2 amide bonds. The standard InChI is InChI=1S/C17H14BrN3O2/c18-11-4-14(13-6-16(22)21-15(13)5-11)17(23)20-12-2-1-9-7-19-8-10(9)3-12/h1-5,19H,6-8H2,(H,20,23)(H,21,22). The number of amides is 2. The van der Waals surface area contributed by atoms with E-state index in [0.29, 0.717) is 11.3 Å². The molecule has 3 N–H and O–H groups in total. The summed E-state index contributed by atoms with van der Waals surface area (Å²) in [6.07, 6.45) is 0.236. The third-order valence-electron chi connectivity index (χ3n) is 4.17.